The van der Waals surface area contributed by atoms with Crippen molar-refractivity contribution in [3.8, 4) is 0 Å². The van der Waals surface area contributed by atoms with Crippen LogP contribution in [0.25, 0.3) is 0 Å². The predicted molar refractivity (Wildman–Crippen MR) is 154 cm³/mol. The minimum atomic E-state index is -0.838. The Morgan fingerprint density at radius 3 is 0.789 bits per heavy atom. The molecule has 4 rings (SSSR count). The van der Waals surface area contributed by atoms with Crippen LogP contribution in [0.3, 0.4) is 0 Å². The topological polar surface area (TPSA) is 74.6 Å². The first-order valence-electron chi connectivity index (χ1n) is 11.6. The Bertz CT molecular complexity index is 1140. The first kappa shape index (κ1) is 29.5. The highest BCUT2D eigenvalue weighted by atomic mass is 35.5. The van der Waals surface area contributed by atoms with Crippen LogP contribution < -0.4 is 0 Å². The summed E-state index contributed by atoms with van der Waals surface area (Å²) >= 11 is 23.4. The molecule has 4 aromatic carbocycles. The van der Waals surface area contributed by atoms with Crippen molar-refractivity contribution in [1.82, 2.24) is 0 Å². The van der Waals surface area contributed by atoms with Crippen molar-refractivity contribution >= 4 is 58.3 Å². The largest absolute Gasteiger partial charge is 0.481 e. The molecule has 4 aromatic rings. The van der Waals surface area contributed by atoms with Gasteiger partial charge < -0.3 is 10.2 Å². The molecule has 0 radical (unpaired) electrons. The van der Waals surface area contributed by atoms with Crippen molar-refractivity contribution in [3.63, 3.8) is 0 Å². The average Bonchev–Trinajstić information content (AvgIpc) is 2.88. The van der Waals surface area contributed by atoms with Crippen molar-refractivity contribution in [2.45, 2.75) is 24.7 Å². The Morgan fingerprint density at radius 2 is 0.632 bits per heavy atom. The summed E-state index contributed by atoms with van der Waals surface area (Å²) in [5.74, 6) is -2.08. The SMILES string of the molecule is O=C(O)CC(c1ccc(Cl)cc1)c1ccc(Cl)cc1.O=C(O)CC(c1ccc(Cl)cc1)c1ccc(Cl)cc1. The van der Waals surface area contributed by atoms with Crippen molar-refractivity contribution in [2.24, 2.45) is 0 Å². The van der Waals surface area contributed by atoms with Gasteiger partial charge in [-0.15, -0.1) is 0 Å². The molecule has 2 N–H and O–H groups in total. The van der Waals surface area contributed by atoms with E-state index in [9.17, 15) is 9.59 Å². The average molecular weight is 590 g/mol. The first-order chi connectivity index (χ1) is 18.1. The van der Waals surface area contributed by atoms with E-state index in [1.807, 2.05) is 48.5 Å². The monoisotopic (exact) mass is 588 g/mol. The Labute approximate surface area is 241 Å². The molecule has 0 atom stereocenters. The van der Waals surface area contributed by atoms with Crippen LogP contribution in [-0.4, -0.2) is 22.2 Å². The number of halogens is 4. The summed E-state index contributed by atoms with van der Waals surface area (Å²) in [6, 6.07) is 28.9. The van der Waals surface area contributed by atoms with Gasteiger partial charge in [0.25, 0.3) is 0 Å². The fraction of sp³-hybridized carbons (Fsp3) is 0.133. The van der Waals surface area contributed by atoms with E-state index in [0.717, 1.165) is 22.3 Å². The molecule has 0 aliphatic heterocycles. The van der Waals surface area contributed by atoms with E-state index in [2.05, 4.69) is 0 Å². The predicted octanol–water partition coefficient (Wildman–Crippen LogP) is 9.20. The summed E-state index contributed by atoms with van der Waals surface area (Å²) in [6.45, 7) is 0. The molecule has 0 spiro atoms. The summed E-state index contributed by atoms with van der Waals surface area (Å²) in [5, 5.41) is 20.7. The molecule has 4 nitrogen and oxygen atoms in total. The summed E-state index contributed by atoms with van der Waals surface area (Å²) in [6.07, 6.45) is 0.0620. The van der Waals surface area contributed by atoms with E-state index in [-0.39, 0.29) is 24.7 Å². The lowest BCUT2D eigenvalue weighted by molar-refractivity contribution is -0.138. The molecule has 0 heterocycles. The van der Waals surface area contributed by atoms with Crippen LogP contribution in [0.1, 0.15) is 46.9 Å². The molecule has 196 valence electrons. The van der Waals surface area contributed by atoms with E-state index in [4.69, 9.17) is 56.6 Å². The molecular formula is C30H24Cl4O4. The quantitative estimate of drug-likeness (QED) is 0.215. The fourth-order valence-corrected chi connectivity index (χ4v) is 4.49. The molecule has 0 aromatic heterocycles. The zero-order valence-electron chi connectivity index (χ0n) is 20.0. The smallest absolute Gasteiger partial charge is 0.304 e. The van der Waals surface area contributed by atoms with Gasteiger partial charge in [0.2, 0.25) is 0 Å². The maximum absolute atomic E-state index is 11.0. The molecule has 8 heteroatoms. The zero-order valence-corrected chi connectivity index (χ0v) is 23.1. The molecule has 0 unspecified atom stereocenters. The number of rotatable bonds is 8. The summed E-state index contributed by atoms with van der Waals surface area (Å²) < 4.78 is 0. The van der Waals surface area contributed by atoms with E-state index in [1.54, 1.807) is 48.5 Å². The van der Waals surface area contributed by atoms with E-state index < -0.39 is 11.9 Å². The maximum atomic E-state index is 11.0. The van der Waals surface area contributed by atoms with E-state index in [1.165, 1.54) is 0 Å². The minimum Gasteiger partial charge on any atom is -0.481 e. The third-order valence-electron chi connectivity index (χ3n) is 5.85. The third-order valence-corrected chi connectivity index (χ3v) is 6.85. The number of benzene rings is 4. The van der Waals surface area contributed by atoms with Crippen LogP contribution in [0.15, 0.2) is 97.1 Å². The molecule has 0 fully saturated rings. The highest BCUT2D eigenvalue weighted by Crippen LogP contribution is 2.31. The number of carboxylic acids is 2. The summed E-state index contributed by atoms with van der Waals surface area (Å²) in [7, 11) is 0. The van der Waals surface area contributed by atoms with Gasteiger partial charge in [-0.3, -0.25) is 9.59 Å². The van der Waals surface area contributed by atoms with Gasteiger partial charge in [0.1, 0.15) is 0 Å². The molecule has 38 heavy (non-hydrogen) atoms. The second kappa shape index (κ2) is 14.2. The highest BCUT2D eigenvalue weighted by molar-refractivity contribution is 6.31. The molecule has 0 bridgehead atoms. The van der Waals surface area contributed by atoms with Crippen LogP contribution in [0, 0.1) is 0 Å². The third kappa shape index (κ3) is 9.07. The molecule has 0 aliphatic rings. The first-order valence-corrected chi connectivity index (χ1v) is 13.1. The van der Waals surface area contributed by atoms with Crippen LogP contribution >= 0.6 is 46.4 Å². The second-order valence-corrected chi connectivity index (χ2v) is 10.3. The lowest BCUT2D eigenvalue weighted by atomic mass is 9.89. The zero-order chi connectivity index (χ0) is 27.7. The van der Waals surface area contributed by atoms with Crippen LogP contribution in [0.5, 0.6) is 0 Å². The van der Waals surface area contributed by atoms with Gasteiger partial charge in [-0.2, -0.15) is 0 Å². The maximum Gasteiger partial charge on any atom is 0.304 e. The Morgan fingerprint density at radius 1 is 0.447 bits per heavy atom. The highest BCUT2D eigenvalue weighted by Gasteiger charge is 2.19. The Hall–Kier alpha value is -3.02. The van der Waals surface area contributed by atoms with Gasteiger partial charge >= 0.3 is 11.9 Å². The minimum absolute atomic E-state index is 0.0310. The number of hydrogen-bond acceptors (Lipinski definition) is 2. The van der Waals surface area contributed by atoms with Gasteiger partial charge in [0, 0.05) is 31.9 Å². The Kier molecular flexibility index (Phi) is 11.1. The second-order valence-electron chi connectivity index (χ2n) is 8.51. The van der Waals surface area contributed by atoms with Crippen molar-refractivity contribution < 1.29 is 19.8 Å². The summed E-state index contributed by atoms with van der Waals surface area (Å²) in [5.41, 5.74) is 3.70. The number of carbonyl (C=O) groups is 2. The number of aliphatic carboxylic acids is 2. The number of carboxylic acid groups (broad SMARTS) is 2. The van der Waals surface area contributed by atoms with Gasteiger partial charge in [0.15, 0.2) is 0 Å². The molecule has 0 saturated carbocycles. The van der Waals surface area contributed by atoms with Gasteiger partial charge in [-0.05, 0) is 70.8 Å². The van der Waals surface area contributed by atoms with Crippen molar-refractivity contribution in [3.05, 3.63) is 139 Å². The fourth-order valence-electron chi connectivity index (χ4n) is 3.99. The van der Waals surface area contributed by atoms with Crippen LogP contribution in [0.2, 0.25) is 20.1 Å². The van der Waals surface area contributed by atoms with Gasteiger partial charge in [-0.25, -0.2) is 0 Å². The van der Waals surface area contributed by atoms with Gasteiger partial charge in [-0.1, -0.05) is 94.9 Å². The lowest BCUT2D eigenvalue weighted by Crippen LogP contribution is -2.07. The van der Waals surface area contributed by atoms with E-state index >= 15 is 0 Å². The normalized spacial score (nSPS) is 10.7. The van der Waals surface area contributed by atoms with Crippen molar-refractivity contribution in [2.75, 3.05) is 0 Å². The lowest BCUT2D eigenvalue weighted by Gasteiger charge is -2.16. The Balaban J connectivity index is 0.000000211. The van der Waals surface area contributed by atoms with Crippen LogP contribution in [0.4, 0.5) is 0 Å². The van der Waals surface area contributed by atoms with Crippen molar-refractivity contribution in [1.29, 1.82) is 0 Å². The van der Waals surface area contributed by atoms with E-state index in [0.29, 0.717) is 20.1 Å². The van der Waals surface area contributed by atoms with Gasteiger partial charge in [0.05, 0.1) is 12.8 Å². The molecule has 0 saturated heterocycles. The molecule has 0 aliphatic carbocycles. The standard InChI is InChI=1S/2C15H12Cl2O2/c2*16-12-5-1-10(2-6-12)14(9-15(18)19)11-3-7-13(17)8-4-11/h2*1-8,14H,9H2,(H,18,19). The summed E-state index contributed by atoms with van der Waals surface area (Å²) in [4.78, 5) is 22.1. The number of hydrogen-bond donors (Lipinski definition) is 2. The molecular weight excluding hydrogens is 566 g/mol. The molecule has 0 amide bonds. The van der Waals surface area contributed by atoms with Crippen LogP contribution in [-0.2, 0) is 9.59 Å².